The van der Waals surface area contributed by atoms with Crippen LogP contribution >= 0.6 is 0 Å². The number of nitrogens with zero attached hydrogens (tertiary/aromatic N) is 10. The molecule has 0 unspecified atom stereocenters. The molecule has 714 valence electrons. The van der Waals surface area contributed by atoms with Crippen LogP contribution in [0.15, 0.2) is 274 Å². The highest BCUT2D eigenvalue weighted by Gasteiger charge is 2.40. The van der Waals surface area contributed by atoms with E-state index in [2.05, 4.69) is 41.2 Å². The Labute approximate surface area is 774 Å². The van der Waals surface area contributed by atoms with Crippen LogP contribution in [0.4, 0.5) is 128 Å². The van der Waals surface area contributed by atoms with Gasteiger partial charge in [-0.15, -0.1) is 0 Å². The highest BCUT2D eigenvalue weighted by molar-refractivity contribution is 5.89. The molecule has 2 aliphatic rings. The summed E-state index contributed by atoms with van der Waals surface area (Å²) >= 11 is 0. The maximum absolute atomic E-state index is 15.2. The van der Waals surface area contributed by atoms with Crippen LogP contribution in [-0.4, -0.2) is 102 Å². The van der Waals surface area contributed by atoms with E-state index in [1.54, 1.807) is 92.1 Å². The SMILES string of the molecule is CC(C)Oc1cc(C(F)(F)F)c2c(=O)cc(Nc3ccc(F)cc3)n(-c3ccc(F)cc3)c2n1.CC(C)Oc1cc(C(F)(F)F)c2c(=O)cc(Nc3ccccc3)n(-c3ccccc3)c2n1.C[C@@H]1CN(c2nc3c(cc2F)c(=O)cc(Nc2cccc(F)c2)n3-c2cccc(F)c2)C[C@H](C)O1.O=c1cc(Nc2cccc(F)c2)n(-c2cccc(F)c2)c2nc(N3CCOCC3)cc(C(F)(F)F)c12.[HH].[HH].[HH].[HH]. The summed E-state index contributed by atoms with van der Waals surface area (Å²) in [6.45, 7) is 12.5. The van der Waals surface area contributed by atoms with Gasteiger partial charge in [0, 0.05) is 102 Å². The second-order valence-electron chi connectivity index (χ2n) is 32.0. The Morgan fingerprint density at radius 1 is 0.358 bits per heavy atom. The molecule has 0 aliphatic carbocycles. The molecule has 0 spiro atoms. The summed E-state index contributed by atoms with van der Waals surface area (Å²) < 4.78 is 252. The first-order valence-electron chi connectivity index (χ1n) is 42.4. The van der Waals surface area contributed by atoms with Gasteiger partial charge in [0.25, 0.3) is 0 Å². The van der Waals surface area contributed by atoms with Crippen LogP contribution in [0.5, 0.6) is 11.8 Å². The summed E-state index contributed by atoms with van der Waals surface area (Å²) in [5.74, 6) is -3.77. The number of benzene rings is 8. The van der Waals surface area contributed by atoms with Gasteiger partial charge in [0.1, 0.15) is 64.0 Å². The third-order valence-electron chi connectivity index (χ3n) is 21.0. The van der Waals surface area contributed by atoms with Crippen molar-refractivity contribution in [3.63, 3.8) is 0 Å². The molecule has 2 saturated heterocycles. The van der Waals surface area contributed by atoms with Crippen molar-refractivity contribution in [3.05, 3.63) is 353 Å². The minimum absolute atomic E-state index is 0. The maximum atomic E-state index is 15.2. The third-order valence-corrected chi connectivity index (χ3v) is 21.0. The molecule has 8 aromatic heterocycles. The van der Waals surface area contributed by atoms with E-state index in [0.717, 1.165) is 60.7 Å². The van der Waals surface area contributed by atoms with E-state index >= 15 is 4.39 Å². The summed E-state index contributed by atoms with van der Waals surface area (Å²) in [6.07, 6.45) is -15.7. The fourth-order valence-corrected chi connectivity index (χ4v) is 15.5. The number of para-hydroxylation sites is 2. The second-order valence-corrected chi connectivity index (χ2v) is 32.0. The van der Waals surface area contributed by atoms with E-state index in [9.17, 15) is 85.0 Å². The number of aromatic nitrogens is 8. The van der Waals surface area contributed by atoms with Gasteiger partial charge in [0.05, 0.1) is 87.2 Å². The van der Waals surface area contributed by atoms with Crippen LogP contribution in [0.2, 0.25) is 0 Å². The van der Waals surface area contributed by atoms with Crippen LogP contribution < -0.4 is 62.3 Å². The van der Waals surface area contributed by atoms with E-state index in [-0.39, 0.29) is 110 Å². The topological polar surface area (TPSA) is 231 Å². The lowest BCUT2D eigenvalue weighted by Crippen LogP contribution is -2.46. The van der Waals surface area contributed by atoms with E-state index in [4.69, 9.17) is 18.9 Å². The number of alkyl halides is 9. The highest BCUT2D eigenvalue weighted by atomic mass is 19.4. The van der Waals surface area contributed by atoms with Crippen molar-refractivity contribution in [1.29, 1.82) is 0 Å². The number of fused-ring (bicyclic) bond motifs is 4. The third kappa shape index (κ3) is 22.4. The van der Waals surface area contributed by atoms with Gasteiger partial charge in [0.2, 0.25) is 11.8 Å². The van der Waals surface area contributed by atoms with E-state index in [1.165, 1.54) is 134 Å². The lowest BCUT2D eigenvalue weighted by Gasteiger charge is -2.36. The van der Waals surface area contributed by atoms with Gasteiger partial charge in [-0.2, -0.15) is 49.5 Å². The number of morpholine rings is 2. The number of rotatable bonds is 18. The van der Waals surface area contributed by atoms with Gasteiger partial charge < -0.3 is 50.0 Å². The number of anilines is 10. The highest BCUT2D eigenvalue weighted by Crippen LogP contribution is 2.43. The Morgan fingerprint density at radius 3 is 1.15 bits per heavy atom. The quantitative estimate of drug-likeness (QED) is 0.0585. The average Bonchev–Trinajstić information content (AvgIpc) is 0.743. The lowest BCUT2D eigenvalue weighted by atomic mass is 10.1. The molecule has 18 rings (SSSR count). The summed E-state index contributed by atoms with van der Waals surface area (Å²) in [4.78, 5) is 72.9. The van der Waals surface area contributed by atoms with Crippen LogP contribution in [-0.2, 0) is 28.0 Å². The van der Waals surface area contributed by atoms with Gasteiger partial charge in [0.15, 0.2) is 55.9 Å². The first-order chi connectivity index (χ1) is 65.2. The summed E-state index contributed by atoms with van der Waals surface area (Å²) in [7, 11) is 0. The Morgan fingerprint density at radius 2 is 0.715 bits per heavy atom. The monoisotopic (exact) mass is 1900 g/mol. The van der Waals surface area contributed by atoms with Gasteiger partial charge in [-0.1, -0.05) is 60.7 Å². The summed E-state index contributed by atoms with van der Waals surface area (Å²) in [5.41, 5.74) is -4.33. The zero-order chi connectivity index (χ0) is 97.6. The van der Waals surface area contributed by atoms with Crippen molar-refractivity contribution in [2.45, 2.75) is 84.5 Å². The standard InChI is InChI=1S/C26H23F3N4O2.C25H19F5N4O2.C24H18F5N3O2.C24H20F3N3O2.4H2/c1-15-13-32(14-16(2)35-15)26-22(29)11-21-23(34)12-24(30-19-7-3-5-17(27)9-19)33(25(21)31-26)20-8-4-6-18(28)10-20;26-15-3-1-5-17(11-15)31-22-14-20(35)23-19(25(28,29)30)13-21(33-7-9-36-10-8-33)32-24(23)34(22)18-6-2-4-16(27)12-18;1-13(2)34-21-11-18(24(27,28)29)22-19(33)12-20(30-16-7-3-14(25)4-8-16)32(23(22)31-21)17-9-5-15(26)6-10-17;1-15(2)32-21-13-18(24(25,26)27)22-19(31)14-20(28-16-9-5-3-6-10-16)30(23(22)29-21)17-11-7-4-8-12-17;;;;/h3-12,15-16,30H,13-14H2,1-2H3;1-6,11-14,31H,7-10H2;3-13,30H,1-2H3;3-15,28H,1-2H3;4*1H/t15-,16+;;;;;;;. The van der Waals surface area contributed by atoms with Crippen LogP contribution in [0.3, 0.4) is 0 Å². The molecule has 137 heavy (non-hydrogen) atoms. The molecule has 16 aromatic rings. The van der Waals surface area contributed by atoms with Gasteiger partial charge in [-0.05, 0) is 199 Å². The Balaban J connectivity index is 0.000000178. The molecule has 2 aliphatic heterocycles. The normalized spacial score (nSPS) is 14.0. The van der Waals surface area contributed by atoms with Crippen molar-refractivity contribution >= 4 is 102 Å². The first kappa shape index (κ1) is 96.0. The zero-order valence-corrected chi connectivity index (χ0v) is 73.1. The molecule has 4 N–H and O–H groups in total. The Hall–Kier alpha value is -15.6. The number of hydrogen-bond acceptors (Lipinski definition) is 18. The lowest BCUT2D eigenvalue weighted by molar-refractivity contribution is -0.137. The number of ether oxygens (including phenoxy) is 4. The Bertz CT molecular complexity index is 7430. The smallest absolute Gasteiger partial charge is 0.417 e. The van der Waals surface area contributed by atoms with Crippen LogP contribution in [0.1, 0.15) is 63.9 Å². The molecule has 2 atom stereocenters. The minimum Gasteiger partial charge on any atom is -0.475 e. The van der Waals surface area contributed by atoms with Gasteiger partial charge in [-0.3, -0.25) is 37.4 Å². The molecule has 0 amide bonds. The van der Waals surface area contributed by atoms with Crippen LogP contribution in [0, 0.1) is 40.7 Å². The van der Waals surface area contributed by atoms with E-state index in [0.29, 0.717) is 73.9 Å². The summed E-state index contributed by atoms with van der Waals surface area (Å²) in [6, 6.07) is 57.6. The van der Waals surface area contributed by atoms with Gasteiger partial charge in [-0.25, -0.2) is 40.7 Å². The number of nitrogens with one attached hydrogen (secondary N) is 4. The largest absolute Gasteiger partial charge is 0.475 e. The minimum atomic E-state index is -4.87. The fourth-order valence-electron chi connectivity index (χ4n) is 15.5. The number of hydrogen-bond donors (Lipinski definition) is 4. The summed E-state index contributed by atoms with van der Waals surface area (Å²) in [5, 5.41) is 10.1. The first-order valence-corrected chi connectivity index (χ1v) is 42.4. The van der Waals surface area contributed by atoms with Gasteiger partial charge >= 0.3 is 18.5 Å². The predicted molar refractivity (Wildman–Crippen MR) is 498 cm³/mol. The van der Waals surface area contributed by atoms with Crippen molar-refractivity contribution < 1.29 is 94.9 Å². The molecular formula is C99H88F16N14O8. The Kier molecular flexibility index (Phi) is 28.2. The molecule has 2 fully saturated rings. The van der Waals surface area contributed by atoms with Crippen molar-refractivity contribution in [2.24, 2.45) is 0 Å². The van der Waals surface area contributed by atoms with E-state index < -0.39 is 126 Å². The molecule has 22 nitrogen and oxygen atoms in total. The average molecular weight is 1910 g/mol. The second kappa shape index (κ2) is 40.3. The maximum Gasteiger partial charge on any atom is 0.417 e. The molecule has 0 radical (unpaired) electrons. The van der Waals surface area contributed by atoms with Crippen molar-refractivity contribution in [3.8, 4) is 34.5 Å². The molecule has 8 aromatic carbocycles. The fraction of sp³-hybridized carbons (Fsp3) is 0.192. The molecule has 0 saturated carbocycles. The van der Waals surface area contributed by atoms with Crippen molar-refractivity contribution in [2.75, 3.05) is 70.5 Å². The van der Waals surface area contributed by atoms with E-state index in [1.807, 2.05) is 32.0 Å². The molecule has 38 heteroatoms. The zero-order valence-electron chi connectivity index (χ0n) is 73.1. The predicted octanol–water partition coefficient (Wildman–Crippen LogP) is 23.6. The number of pyridine rings is 8. The van der Waals surface area contributed by atoms with Crippen LogP contribution in [0.25, 0.3) is 66.9 Å². The molecule has 10 heterocycles. The van der Waals surface area contributed by atoms with Crippen molar-refractivity contribution in [1.82, 2.24) is 38.2 Å². The number of halogens is 16. The molecular weight excluding hydrogens is 1820 g/mol. The molecule has 0 bridgehead atoms.